The lowest BCUT2D eigenvalue weighted by Gasteiger charge is -2.21. The molecule has 6 rings (SSSR count). The van der Waals surface area contributed by atoms with E-state index in [-0.39, 0.29) is 11.8 Å². The Hall–Kier alpha value is -4.33. The molecule has 2 atom stereocenters. The Kier molecular flexibility index (Phi) is 5.33. The number of nitrogens with zero attached hydrogens (tertiary/aromatic N) is 5. The Balaban J connectivity index is 1.05. The summed E-state index contributed by atoms with van der Waals surface area (Å²) in [6, 6.07) is 19.4. The van der Waals surface area contributed by atoms with Gasteiger partial charge in [-0.3, -0.25) is 14.6 Å². The molecular formula is C27H24N6O2. The summed E-state index contributed by atoms with van der Waals surface area (Å²) in [4.78, 5) is 34.0. The van der Waals surface area contributed by atoms with Gasteiger partial charge < -0.3 is 9.80 Å². The third-order valence-corrected chi connectivity index (χ3v) is 6.94. The minimum atomic E-state index is -0.0114. The van der Waals surface area contributed by atoms with Gasteiger partial charge in [-0.2, -0.15) is 15.4 Å². The molecule has 174 valence electrons. The zero-order valence-electron chi connectivity index (χ0n) is 19.0. The van der Waals surface area contributed by atoms with Crippen molar-refractivity contribution in [2.75, 3.05) is 26.2 Å². The van der Waals surface area contributed by atoms with Crippen molar-refractivity contribution in [1.29, 1.82) is 0 Å². The lowest BCUT2D eigenvalue weighted by atomic mass is 10.0. The lowest BCUT2D eigenvalue weighted by molar-refractivity contribution is -0.125. The van der Waals surface area contributed by atoms with Crippen LogP contribution in [0.25, 0.3) is 28.2 Å². The summed E-state index contributed by atoms with van der Waals surface area (Å²) in [7, 11) is 0. The highest BCUT2D eigenvalue weighted by Crippen LogP contribution is 2.32. The average molecular weight is 465 g/mol. The quantitative estimate of drug-likeness (QED) is 0.468. The summed E-state index contributed by atoms with van der Waals surface area (Å²) in [5, 5.41) is 10.7. The van der Waals surface area contributed by atoms with Gasteiger partial charge in [-0.1, -0.05) is 36.4 Å². The van der Waals surface area contributed by atoms with E-state index in [1.165, 1.54) is 0 Å². The Morgan fingerprint density at radius 1 is 0.829 bits per heavy atom. The summed E-state index contributed by atoms with van der Waals surface area (Å²) in [6.45, 7) is 2.66. The molecule has 1 N–H and O–H groups in total. The maximum absolute atomic E-state index is 13.0. The molecule has 8 nitrogen and oxygen atoms in total. The third-order valence-electron chi connectivity index (χ3n) is 6.94. The fourth-order valence-electron chi connectivity index (χ4n) is 5.06. The number of benzene rings is 2. The van der Waals surface area contributed by atoms with E-state index in [1.54, 1.807) is 30.4 Å². The smallest absolute Gasteiger partial charge is 0.253 e. The van der Waals surface area contributed by atoms with E-state index in [4.69, 9.17) is 0 Å². The molecule has 2 saturated heterocycles. The molecule has 0 aliphatic carbocycles. The number of nitrogens with one attached hydrogen (secondary N) is 1. The lowest BCUT2D eigenvalue weighted by Crippen LogP contribution is -2.35. The minimum Gasteiger partial charge on any atom is -0.338 e. The predicted molar refractivity (Wildman–Crippen MR) is 132 cm³/mol. The summed E-state index contributed by atoms with van der Waals surface area (Å²) in [6.07, 6.45) is 5.19. The van der Waals surface area contributed by atoms with Gasteiger partial charge in [0.15, 0.2) is 0 Å². The predicted octanol–water partition coefficient (Wildman–Crippen LogP) is 3.26. The van der Waals surface area contributed by atoms with Crippen LogP contribution in [-0.2, 0) is 4.79 Å². The van der Waals surface area contributed by atoms with Crippen molar-refractivity contribution in [1.82, 2.24) is 30.2 Å². The molecular weight excluding hydrogens is 440 g/mol. The van der Waals surface area contributed by atoms with Crippen LogP contribution in [0.15, 0.2) is 72.9 Å². The normalized spacial score (nSPS) is 19.5. The molecule has 2 amide bonds. The second kappa shape index (κ2) is 8.79. The molecule has 0 spiro atoms. The van der Waals surface area contributed by atoms with Crippen molar-refractivity contribution in [3.63, 3.8) is 0 Å². The van der Waals surface area contributed by atoms with Crippen molar-refractivity contribution in [3.05, 3.63) is 84.2 Å². The molecule has 0 unspecified atom stereocenters. The van der Waals surface area contributed by atoms with E-state index < -0.39 is 0 Å². The first-order valence-electron chi connectivity index (χ1n) is 11.7. The maximum atomic E-state index is 13.0. The van der Waals surface area contributed by atoms with Crippen LogP contribution in [0.2, 0.25) is 0 Å². The number of carbonyl (C=O) groups excluding carboxylic acids is 2. The Labute approximate surface area is 202 Å². The molecule has 35 heavy (non-hydrogen) atoms. The number of hydrogen-bond acceptors (Lipinski definition) is 5. The summed E-state index contributed by atoms with van der Waals surface area (Å²) in [5.74, 6) is 0.598. The first kappa shape index (κ1) is 21.2. The van der Waals surface area contributed by atoms with Gasteiger partial charge in [-0.15, -0.1) is 0 Å². The zero-order valence-corrected chi connectivity index (χ0v) is 19.0. The number of likely N-dealkylation sites (tertiary alicyclic amines) is 2. The number of H-pyrrole nitrogens is 1. The van der Waals surface area contributed by atoms with E-state index in [0.717, 1.165) is 22.3 Å². The number of carbonyl (C=O) groups is 2. The van der Waals surface area contributed by atoms with Crippen molar-refractivity contribution in [3.8, 4) is 11.1 Å². The fourth-order valence-corrected chi connectivity index (χ4v) is 5.06. The van der Waals surface area contributed by atoms with Crippen LogP contribution in [0, 0.1) is 11.8 Å². The molecule has 2 fully saturated rings. The zero-order chi connectivity index (χ0) is 23.8. The highest BCUT2D eigenvalue weighted by molar-refractivity contribution is 5.97. The van der Waals surface area contributed by atoms with Crippen molar-refractivity contribution >= 4 is 28.9 Å². The monoisotopic (exact) mass is 464 g/mol. The SMILES string of the molecule is O=C(/C=C/c1ccc(-c2ccccc2)cn1)N1C[C@@H]2CN(C(=O)c3ccc4n[nH]nc4c3)C[C@H]2C1. The van der Waals surface area contributed by atoms with Crippen molar-refractivity contribution < 1.29 is 9.59 Å². The number of amides is 2. The van der Waals surface area contributed by atoms with Crippen LogP contribution in [0.5, 0.6) is 0 Å². The highest BCUT2D eigenvalue weighted by Gasteiger charge is 2.42. The molecule has 2 aromatic carbocycles. The summed E-state index contributed by atoms with van der Waals surface area (Å²) < 4.78 is 0. The highest BCUT2D eigenvalue weighted by atomic mass is 16.2. The van der Waals surface area contributed by atoms with Crippen LogP contribution < -0.4 is 0 Å². The number of pyridine rings is 1. The molecule has 2 aromatic heterocycles. The molecule has 0 saturated carbocycles. The van der Waals surface area contributed by atoms with Crippen LogP contribution in [0.1, 0.15) is 16.1 Å². The van der Waals surface area contributed by atoms with Gasteiger partial charge in [0, 0.05) is 61.4 Å². The van der Waals surface area contributed by atoms with E-state index >= 15 is 0 Å². The molecule has 0 bridgehead atoms. The molecule has 8 heteroatoms. The van der Waals surface area contributed by atoms with Crippen LogP contribution >= 0.6 is 0 Å². The maximum Gasteiger partial charge on any atom is 0.253 e. The van der Waals surface area contributed by atoms with E-state index in [0.29, 0.717) is 49.1 Å². The topological polar surface area (TPSA) is 95.1 Å². The Morgan fingerprint density at radius 3 is 2.31 bits per heavy atom. The van der Waals surface area contributed by atoms with E-state index in [9.17, 15) is 9.59 Å². The number of aromatic amines is 1. The molecule has 2 aliphatic heterocycles. The van der Waals surface area contributed by atoms with E-state index in [2.05, 4.69) is 20.4 Å². The molecule has 2 aliphatic rings. The van der Waals surface area contributed by atoms with Gasteiger partial charge in [-0.05, 0) is 35.9 Å². The van der Waals surface area contributed by atoms with Crippen LogP contribution in [-0.4, -0.2) is 68.2 Å². The van der Waals surface area contributed by atoms with Crippen LogP contribution in [0.4, 0.5) is 0 Å². The van der Waals surface area contributed by atoms with Crippen molar-refractivity contribution in [2.24, 2.45) is 11.8 Å². The van der Waals surface area contributed by atoms with Gasteiger partial charge in [0.25, 0.3) is 5.91 Å². The molecule has 0 radical (unpaired) electrons. The molecule has 4 heterocycles. The Morgan fingerprint density at radius 2 is 1.57 bits per heavy atom. The van der Waals surface area contributed by atoms with Gasteiger partial charge in [0.05, 0.1) is 5.69 Å². The summed E-state index contributed by atoms with van der Waals surface area (Å²) >= 11 is 0. The second-order valence-electron chi connectivity index (χ2n) is 9.17. The number of hydrogen-bond donors (Lipinski definition) is 1. The van der Waals surface area contributed by atoms with E-state index in [1.807, 2.05) is 58.5 Å². The average Bonchev–Trinajstić information content (AvgIpc) is 3.62. The first-order valence-corrected chi connectivity index (χ1v) is 11.7. The van der Waals surface area contributed by atoms with Gasteiger partial charge in [0.1, 0.15) is 11.0 Å². The number of aromatic nitrogens is 4. The standard InChI is InChI=1S/C27H24N6O2/c34-26(11-9-23-8-6-20(13-28-23)18-4-2-1-3-5-18)32-14-21-16-33(17-22(21)15-32)27(35)19-7-10-24-25(12-19)30-31-29-24/h1-13,21-22H,14-17H2,(H,29,30,31)/b11-9+/t21-,22-/m1/s1. The summed E-state index contributed by atoms with van der Waals surface area (Å²) in [5.41, 5.74) is 4.95. The third kappa shape index (κ3) is 4.19. The number of fused-ring (bicyclic) bond motifs is 2. The van der Waals surface area contributed by atoms with Crippen molar-refractivity contribution in [2.45, 2.75) is 0 Å². The number of rotatable bonds is 4. The molecule has 4 aromatic rings. The van der Waals surface area contributed by atoms with Gasteiger partial charge in [-0.25, -0.2) is 0 Å². The van der Waals surface area contributed by atoms with Crippen LogP contribution in [0.3, 0.4) is 0 Å². The minimum absolute atomic E-state index is 0.00657. The van der Waals surface area contributed by atoms with Gasteiger partial charge in [0.2, 0.25) is 5.91 Å². The largest absolute Gasteiger partial charge is 0.338 e. The fraction of sp³-hybridized carbons (Fsp3) is 0.222. The second-order valence-corrected chi connectivity index (χ2v) is 9.17. The first-order chi connectivity index (χ1) is 17.1. The van der Waals surface area contributed by atoms with Gasteiger partial charge >= 0.3 is 0 Å². The Bertz CT molecular complexity index is 1400.